The second-order valence-corrected chi connectivity index (χ2v) is 5.80. The molecule has 4 heteroatoms. The van der Waals surface area contributed by atoms with Crippen LogP contribution in [0.25, 0.3) is 10.9 Å². The molecule has 0 unspecified atom stereocenters. The van der Waals surface area contributed by atoms with Crippen LogP contribution in [0.1, 0.15) is 12.0 Å². The average Bonchev–Trinajstić information content (AvgIpc) is 3.03. The maximum atomic E-state index is 12.0. The molecular formula is C20H22N2O2. The van der Waals surface area contributed by atoms with Gasteiger partial charge in [-0.2, -0.15) is 0 Å². The van der Waals surface area contributed by atoms with E-state index in [1.807, 2.05) is 30.3 Å². The number of nitrogens with one attached hydrogen (secondary N) is 1. The monoisotopic (exact) mass is 322 g/mol. The van der Waals surface area contributed by atoms with Gasteiger partial charge in [-0.25, -0.2) is 0 Å². The third kappa shape index (κ3) is 3.96. The van der Waals surface area contributed by atoms with Gasteiger partial charge in [0.25, 0.3) is 0 Å². The van der Waals surface area contributed by atoms with Crippen molar-refractivity contribution in [3.63, 3.8) is 0 Å². The molecule has 124 valence electrons. The predicted octanol–water partition coefficient (Wildman–Crippen LogP) is 3.40. The van der Waals surface area contributed by atoms with Gasteiger partial charge >= 0.3 is 0 Å². The van der Waals surface area contributed by atoms with Gasteiger partial charge in [0.15, 0.2) is 0 Å². The first-order valence-electron chi connectivity index (χ1n) is 8.20. The van der Waals surface area contributed by atoms with E-state index in [-0.39, 0.29) is 5.91 Å². The van der Waals surface area contributed by atoms with E-state index in [0.29, 0.717) is 13.0 Å². The van der Waals surface area contributed by atoms with Crippen molar-refractivity contribution in [2.75, 3.05) is 13.7 Å². The molecule has 1 heterocycles. The van der Waals surface area contributed by atoms with Gasteiger partial charge in [-0.05, 0) is 41.6 Å². The van der Waals surface area contributed by atoms with Gasteiger partial charge in [0, 0.05) is 24.8 Å². The number of rotatable bonds is 7. The van der Waals surface area contributed by atoms with E-state index in [4.69, 9.17) is 4.74 Å². The van der Waals surface area contributed by atoms with E-state index in [1.165, 1.54) is 10.9 Å². The summed E-state index contributed by atoms with van der Waals surface area (Å²) in [5, 5.41) is 4.24. The van der Waals surface area contributed by atoms with Crippen LogP contribution < -0.4 is 10.1 Å². The number of methoxy groups -OCH3 is 1. The maximum Gasteiger partial charge on any atom is 0.224 e. The van der Waals surface area contributed by atoms with Crippen LogP contribution in [-0.4, -0.2) is 24.1 Å². The zero-order valence-electron chi connectivity index (χ0n) is 13.9. The van der Waals surface area contributed by atoms with Crippen molar-refractivity contribution < 1.29 is 9.53 Å². The molecule has 0 aliphatic heterocycles. The van der Waals surface area contributed by atoms with E-state index in [2.05, 4.69) is 40.3 Å². The molecular weight excluding hydrogens is 300 g/mol. The second-order valence-electron chi connectivity index (χ2n) is 5.80. The molecule has 2 aromatic carbocycles. The number of hydrogen-bond acceptors (Lipinski definition) is 2. The number of benzene rings is 2. The Labute approximate surface area is 142 Å². The topological polar surface area (TPSA) is 43.3 Å². The van der Waals surface area contributed by atoms with E-state index < -0.39 is 0 Å². The number of carbonyl (C=O) groups is 1. The number of aryl methyl sites for hydroxylation is 1. The molecule has 3 aromatic rings. The number of ether oxygens (including phenoxy) is 1. The molecule has 1 N–H and O–H groups in total. The summed E-state index contributed by atoms with van der Waals surface area (Å²) in [5.41, 5.74) is 2.23. The number of fused-ring (bicyclic) bond motifs is 1. The number of hydrogen-bond donors (Lipinski definition) is 1. The second kappa shape index (κ2) is 7.68. The highest BCUT2D eigenvalue weighted by atomic mass is 16.5. The summed E-state index contributed by atoms with van der Waals surface area (Å²) in [5.74, 6) is 0.857. The Morgan fingerprint density at radius 2 is 1.88 bits per heavy atom. The number of amides is 1. The Balaban J connectivity index is 1.43. The van der Waals surface area contributed by atoms with Crippen LogP contribution in [0.3, 0.4) is 0 Å². The zero-order valence-corrected chi connectivity index (χ0v) is 13.9. The highest BCUT2D eigenvalue weighted by Crippen LogP contribution is 2.15. The minimum absolute atomic E-state index is 0.0533. The lowest BCUT2D eigenvalue weighted by Crippen LogP contribution is -2.26. The van der Waals surface area contributed by atoms with Gasteiger partial charge < -0.3 is 14.6 Å². The van der Waals surface area contributed by atoms with Gasteiger partial charge in [-0.3, -0.25) is 4.79 Å². The van der Waals surface area contributed by atoms with Crippen molar-refractivity contribution in [3.05, 3.63) is 66.4 Å². The molecule has 1 amide bonds. The summed E-state index contributed by atoms with van der Waals surface area (Å²) < 4.78 is 7.34. The Bertz CT molecular complexity index is 806. The van der Waals surface area contributed by atoms with E-state index in [9.17, 15) is 4.79 Å². The van der Waals surface area contributed by atoms with Crippen molar-refractivity contribution in [2.24, 2.45) is 0 Å². The lowest BCUT2D eigenvalue weighted by Gasteiger charge is -2.08. The molecule has 0 aliphatic rings. The van der Waals surface area contributed by atoms with Crippen LogP contribution in [0.5, 0.6) is 5.75 Å². The Hall–Kier alpha value is -2.75. The first-order chi connectivity index (χ1) is 11.8. The van der Waals surface area contributed by atoms with Gasteiger partial charge in [-0.15, -0.1) is 0 Å². The fraction of sp³-hybridized carbons (Fsp3) is 0.250. The SMILES string of the molecule is COc1ccc(CC(=O)NCCCn2ccc3ccccc32)cc1. The quantitative estimate of drug-likeness (QED) is 0.678. The predicted molar refractivity (Wildman–Crippen MR) is 96.3 cm³/mol. The van der Waals surface area contributed by atoms with E-state index >= 15 is 0 Å². The summed E-state index contributed by atoms with van der Waals surface area (Å²) >= 11 is 0. The number of para-hydroxylation sites is 1. The maximum absolute atomic E-state index is 12.0. The molecule has 24 heavy (non-hydrogen) atoms. The van der Waals surface area contributed by atoms with Crippen molar-refractivity contribution in [1.29, 1.82) is 0 Å². The van der Waals surface area contributed by atoms with Crippen LogP contribution in [0.2, 0.25) is 0 Å². The minimum atomic E-state index is 0.0533. The third-order valence-corrected chi connectivity index (χ3v) is 4.10. The van der Waals surface area contributed by atoms with Crippen molar-refractivity contribution in [1.82, 2.24) is 9.88 Å². The summed E-state index contributed by atoms with van der Waals surface area (Å²) in [6.07, 6.45) is 3.41. The Kier molecular flexibility index (Phi) is 5.16. The van der Waals surface area contributed by atoms with Crippen molar-refractivity contribution in [3.8, 4) is 5.75 Å². The fourth-order valence-corrected chi connectivity index (χ4v) is 2.80. The van der Waals surface area contributed by atoms with Crippen LogP contribution >= 0.6 is 0 Å². The van der Waals surface area contributed by atoms with Crippen molar-refractivity contribution in [2.45, 2.75) is 19.4 Å². The van der Waals surface area contributed by atoms with Gasteiger partial charge in [0.1, 0.15) is 5.75 Å². The molecule has 0 bridgehead atoms. The normalized spacial score (nSPS) is 10.7. The third-order valence-electron chi connectivity index (χ3n) is 4.10. The van der Waals surface area contributed by atoms with Gasteiger partial charge in [0.2, 0.25) is 5.91 Å². The molecule has 1 aromatic heterocycles. The summed E-state index contributed by atoms with van der Waals surface area (Å²) in [6, 6.07) is 18.0. The largest absolute Gasteiger partial charge is 0.497 e. The highest BCUT2D eigenvalue weighted by Gasteiger charge is 2.04. The molecule has 0 atom stereocenters. The number of aromatic nitrogens is 1. The molecule has 4 nitrogen and oxygen atoms in total. The minimum Gasteiger partial charge on any atom is -0.497 e. The lowest BCUT2D eigenvalue weighted by molar-refractivity contribution is -0.120. The lowest BCUT2D eigenvalue weighted by atomic mass is 10.1. The Morgan fingerprint density at radius 1 is 1.08 bits per heavy atom. The first-order valence-corrected chi connectivity index (χ1v) is 8.20. The van der Waals surface area contributed by atoms with Crippen LogP contribution in [0, 0.1) is 0 Å². The van der Waals surface area contributed by atoms with Crippen molar-refractivity contribution >= 4 is 16.8 Å². The summed E-state index contributed by atoms with van der Waals surface area (Å²) in [4.78, 5) is 12.0. The molecule has 0 aliphatic carbocycles. The number of nitrogens with zero attached hydrogens (tertiary/aromatic N) is 1. The average molecular weight is 322 g/mol. The summed E-state index contributed by atoms with van der Waals surface area (Å²) in [6.45, 7) is 1.58. The van der Waals surface area contributed by atoms with E-state index in [0.717, 1.165) is 24.3 Å². The molecule has 0 saturated carbocycles. The molecule has 0 saturated heterocycles. The van der Waals surface area contributed by atoms with Crippen LogP contribution in [0.15, 0.2) is 60.8 Å². The van der Waals surface area contributed by atoms with E-state index in [1.54, 1.807) is 7.11 Å². The standard InChI is InChI=1S/C20H22N2O2/c1-24-18-9-7-16(8-10-18)15-20(23)21-12-4-13-22-14-11-17-5-2-3-6-19(17)22/h2-3,5-11,14H,4,12-13,15H2,1H3,(H,21,23). The fourth-order valence-electron chi connectivity index (χ4n) is 2.80. The van der Waals surface area contributed by atoms with Crippen LogP contribution in [-0.2, 0) is 17.8 Å². The van der Waals surface area contributed by atoms with Gasteiger partial charge in [-0.1, -0.05) is 30.3 Å². The summed E-state index contributed by atoms with van der Waals surface area (Å²) in [7, 11) is 1.63. The molecule has 0 spiro atoms. The zero-order chi connectivity index (χ0) is 16.8. The smallest absolute Gasteiger partial charge is 0.224 e. The first kappa shape index (κ1) is 16.1. The van der Waals surface area contributed by atoms with Crippen LogP contribution in [0.4, 0.5) is 0 Å². The van der Waals surface area contributed by atoms with Gasteiger partial charge in [0.05, 0.1) is 13.5 Å². The highest BCUT2D eigenvalue weighted by molar-refractivity contribution is 5.80. The number of carbonyl (C=O) groups excluding carboxylic acids is 1. The molecule has 3 rings (SSSR count). The molecule has 0 radical (unpaired) electrons. The molecule has 0 fully saturated rings. The Morgan fingerprint density at radius 3 is 2.67 bits per heavy atom.